The van der Waals surface area contributed by atoms with Crippen molar-refractivity contribution in [2.75, 3.05) is 20.3 Å². The van der Waals surface area contributed by atoms with Crippen molar-refractivity contribution in [3.63, 3.8) is 0 Å². The number of hydrogen-bond acceptors (Lipinski definition) is 3. The minimum atomic E-state index is 0.147. The average Bonchev–Trinajstić information content (AvgIpc) is 3.01. The summed E-state index contributed by atoms with van der Waals surface area (Å²) in [6, 6.07) is 14.8. The molecular formula is C18H21NO2. The first-order chi connectivity index (χ1) is 10.3. The number of para-hydroxylation sites is 1. The van der Waals surface area contributed by atoms with E-state index < -0.39 is 0 Å². The lowest BCUT2D eigenvalue weighted by molar-refractivity contribution is 0.350. The summed E-state index contributed by atoms with van der Waals surface area (Å²) < 4.78 is 11.1. The molecule has 1 heterocycles. The van der Waals surface area contributed by atoms with Gasteiger partial charge in [0.1, 0.15) is 11.5 Å². The fourth-order valence-electron chi connectivity index (χ4n) is 2.88. The van der Waals surface area contributed by atoms with E-state index in [1.54, 1.807) is 7.11 Å². The van der Waals surface area contributed by atoms with Crippen LogP contribution in [0.15, 0.2) is 42.5 Å². The summed E-state index contributed by atoms with van der Waals surface area (Å²) in [6.07, 6.45) is 1.00. The molecule has 1 atom stereocenters. The van der Waals surface area contributed by atoms with E-state index in [0.717, 1.165) is 31.1 Å². The molecule has 3 heteroatoms. The lowest BCUT2D eigenvalue weighted by Gasteiger charge is -2.21. The van der Waals surface area contributed by atoms with Crippen molar-refractivity contribution in [3.05, 3.63) is 59.2 Å². The topological polar surface area (TPSA) is 30.5 Å². The SMILES string of the molecule is CCNC(c1ccc(OC)cc1)c1cccc2c1OCC2. The Kier molecular flexibility index (Phi) is 4.11. The minimum Gasteiger partial charge on any atom is -0.497 e. The molecule has 0 fully saturated rings. The Labute approximate surface area is 125 Å². The van der Waals surface area contributed by atoms with Crippen LogP contribution in [-0.2, 0) is 6.42 Å². The fraction of sp³-hybridized carbons (Fsp3) is 0.333. The molecule has 3 nitrogen and oxygen atoms in total. The molecule has 110 valence electrons. The van der Waals surface area contributed by atoms with Crippen LogP contribution < -0.4 is 14.8 Å². The van der Waals surface area contributed by atoms with Gasteiger partial charge in [-0.1, -0.05) is 37.3 Å². The first-order valence-corrected chi connectivity index (χ1v) is 7.45. The van der Waals surface area contributed by atoms with Gasteiger partial charge in [-0.15, -0.1) is 0 Å². The molecular weight excluding hydrogens is 262 g/mol. The molecule has 21 heavy (non-hydrogen) atoms. The van der Waals surface area contributed by atoms with Gasteiger partial charge in [0.05, 0.1) is 19.8 Å². The van der Waals surface area contributed by atoms with Crippen molar-refractivity contribution >= 4 is 0 Å². The number of benzene rings is 2. The van der Waals surface area contributed by atoms with Gasteiger partial charge in [0.15, 0.2) is 0 Å². The Morgan fingerprint density at radius 1 is 1.19 bits per heavy atom. The third-order valence-electron chi connectivity index (χ3n) is 3.91. The van der Waals surface area contributed by atoms with Crippen molar-refractivity contribution in [2.24, 2.45) is 0 Å². The lowest BCUT2D eigenvalue weighted by atomic mass is 9.95. The van der Waals surface area contributed by atoms with Crippen LogP contribution in [0.4, 0.5) is 0 Å². The summed E-state index contributed by atoms with van der Waals surface area (Å²) in [5.74, 6) is 1.93. The zero-order chi connectivity index (χ0) is 14.7. The predicted molar refractivity (Wildman–Crippen MR) is 84.2 cm³/mol. The zero-order valence-corrected chi connectivity index (χ0v) is 12.6. The summed E-state index contributed by atoms with van der Waals surface area (Å²) in [6.45, 7) is 3.81. The molecule has 0 spiro atoms. The molecule has 0 amide bonds. The summed E-state index contributed by atoms with van der Waals surface area (Å²) in [7, 11) is 1.69. The monoisotopic (exact) mass is 283 g/mol. The van der Waals surface area contributed by atoms with Crippen molar-refractivity contribution in [1.82, 2.24) is 5.32 Å². The predicted octanol–water partition coefficient (Wildman–Crippen LogP) is 3.33. The molecule has 0 saturated carbocycles. The van der Waals surface area contributed by atoms with Crippen LogP contribution in [-0.4, -0.2) is 20.3 Å². The van der Waals surface area contributed by atoms with Crippen LogP contribution >= 0.6 is 0 Å². The highest BCUT2D eigenvalue weighted by Gasteiger charge is 2.22. The van der Waals surface area contributed by atoms with E-state index in [1.165, 1.54) is 16.7 Å². The molecule has 0 saturated heterocycles. The first kappa shape index (κ1) is 14.0. The molecule has 1 aliphatic rings. The standard InChI is InChI=1S/C18H21NO2/c1-3-19-17(13-7-9-15(20-2)10-8-13)16-6-4-5-14-11-12-21-18(14)16/h4-10,17,19H,3,11-12H2,1-2H3. The maximum absolute atomic E-state index is 5.86. The smallest absolute Gasteiger partial charge is 0.127 e. The molecule has 2 aromatic carbocycles. The zero-order valence-electron chi connectivity index (χ0n) is 12.6. The highest BCUT2D eigenvalue weighted by atomic mass is 16.5. The number of fused-ring (bicyclic) bond motifs is 1. The van der Waals surface area contributed by atoms with E-state index in [4.69, 9.17) is 9.47 Å². The highest BCUT2D eigenvalue weighted by Crippen LogP contribution is 2.36. The number of methoxy groups -OCH3 is 1. The Hall–Kier alpha value is -2.00. The van der Waals surface area contributed by atoms with Gasteiger partial charge in [-0.25, -0.2) is 0 Å². The van der Waals surface area contributed by atoms with Gasteiger partial charge in [0, 0.05) is 12.0 Å². The molecule has 0 aliphatic carbocycles. The van der Waals surface area contributed by atoms with Gasteiger partial charge in [0.2, 0.25) is 0 Å². The molecule has 1 N–H and O–H groups in total. The van der Waals surface area contributed by atoms with E-state index in [2.05, 4.69) is 42.6 Å². The number of nitrogens with one attached hydrogen (secondary N) is 1. The van der Waals surface area contributed by atoms with Crippen molar-refractivity contribution in [2.45, 2.75) is 19.4 Å². The second kappa shape index (κ2) is 6.19. The Balaban J connectivity index is 1.99. The number of ether oxygens (including phenoxy) is 2. The van der Waals surface area contributed by atoms with Crippen LogP contribution in [0.5, 0.6) is 11.5 Å². The van der Waals surface area contributed by atoms with Gasteiger partial charge in [0.25, 0.3) is 0 Å². The van der Waals surface area contributed by atoms with Crippen molar-refractivity contribution < 1.29 is 9.47 Å². The van der Waals surface area contributed by atoms with Crippen LogP contribution in [0.3, 0.4) is 0 Å². The Bertz CT molecular complexity index is 607. The van der Waals surface area contributed by atoms with Gasteiger partial charge >= 0.3 is 0 Å². The van der Waals surface area contributed by atoms with Gasteiger partial charge in [-0.05, 0) is 29.8 Å². The van der Waals surface area contributed by atoms with Crippen molar-refractivity contribution in [3.8, 4) is 11.5 Å². The van der Waals surface area contributed by atoms with E-state index in [-0.39, 0.29) is 6.04 Å². The van der Waals surface area contributed by atoms with Gasteiger partial charge < -0.3 is 14.8 Å². The van der Waals surface area contributed by atoms with E-state index in [1.807, 2.05) is 12.1 Å². The van der Waals surface area contributed by atoms with E-state index in [9.17, 15) is 0 Å². The molecule has 0 aromatic heterocycles. The van der Waals surface area contributed by atoms with Crippen LogP contribution in [0, 0.1) is 0 Å². The molecule has 2 aromatic rings. The lowest BCUT2D eigenvalue weighted by Crippen LogP contribution is -2.22. The fourth-order valence-corrected chi connectivity index (χ4v) is 2.88. The minimum absolute atomic E-state index is 0.147. The second-order valence-corrected chi connectivity index (χ2v) is 5.20. The largest absolute Gasteiger partial charge is 0.497 e. The van der Waals surface area contributed by atoms with Gasteiger partial charge in [-0.3, -0.25) is 0 Å². The molecule has 3 rings (SSSR count). The maximum Gasteiger partial charge on any atom is 0.127 e. The van der Waals surface area contributed by atoms with E-state index >= 15 is 0 Å². The molecule has 1 aliphatic heterocycles. The second-order valence-electron chi connectivity index (χ2n) is 5.20. The Morgan fingerprint density at radius 2 is 2.00 bits per heavy atom. The summed E-state index contributed by atoms with van der Waals surface area (Å²) >= 11 is 0. The van der Waals surface area contributed by atoms with Crippen molar-refractivity contribution in [1.29, 1.82) is 0 Å². The summed E-state index contributed by atoms with van der Waals surface area (Å²) in [5.41, 5.74) is 3.75. The Morgan fingerprint density at radius 3 is 2.71 bits per heavy atom. The van der Waals surface area contributed by atoms with E-state index in [0.29, 0.717) is 0 Å². The first-order valence-electron chi connectivity index (χ1n) is 7.45. The van der Waals surface area contributed by atoms with Crippen LogP contribution in [0.1, 0.15) is 29.7 Å². The summed E-state index contributed by atoms with van der Waals surface area (Å²) in [4.78, 5) is 0. The summed E-state index contributed by atoms with van der Waals surface area (Å²) in [5, 5.41) is 3.56. The molecule has 0 bridgehead atoms. The number of rotatable bonds is 5. The third-order valence-corrected chi connectivity index (χ3v) is 3.91. The average molecular weight is 283 g/mol. The normalized spacial score (nSPS) is 14.4. The molecule has 0 radical (unpaired) electrons. The number of hydrogen-bond donors (Lipinski definition) is 1. The maximum atomic E-state index is 5.86. The van der Waals surface area contributed by atoms with Crippen LogP contribution in [0.2, 0.25) is 0 Å². The quantitative estimate of drug-likeness (QED) is 0.913. The highest BCUT2D eigenvalue weighted by molar-refractivity contribution is 5.49. The molecule has 1 unspecified atom stereocenters. The third kappa shape index (κ3) is 2.74. The van der Waals surface area contributed by atoms with Gasteiger partial charge in [-0.2, -0.15) is 0 Å². The van der Waals surface area contributed by atoms with Crippen LogP contribution in [0.25, 0.3) is 0 Å².